The minimum absolute atomic E-state index is 0.0980. The van der Waals surface area contributed by atoms with E-state index in [1.54, 1.807) is 11.8 Å². The van der Waals surface area contributed by atoms with Gasteiger partial charge in [-0.1, -0.05) is 6.07 Å². The van der Waals surface area contributed by atoms with Crippen molar-refractivity contribution in [2.45, 2.75) is 49.6 Å². The molecule has 2 amide bonds. The molecule has 142 valence electrons. The number of carboxylic acid groups (broad SMARTS) is 1. The third-order valence-corrected chi connectivity index (χ3v) is 5.91. The zero-order valence-corrected chi connectivity index (χ0v) is 16.1. The Hall–Kier alpha value is -1.73. The molecule has 2 fully saturated rings. The fraction of sp³-hybridized carbons (Fsp3) is 0.579. The SMILES string of the molecule is CSc1ccc(C)c(NC(=O)NC2CC(N(CC(=O)O)CC3CC3)C2)c1. The first-order valence-corrected chi connectivity index (χ1v) is 10.3. The number of anilines is 1. The normalized spacial score (nSPS) is 22.0. The highest BCUT2D eigenvalue weighted by Crippen LogP contribution is 2.33. The molecular formula is C19H27N3O3S. The lowest BCUT2D eigenvalue weighted by Gasteiger charge is -2.42. The first kappa shape index (κ1) is 19.0. The molecule has 2 aliphatic carbocycles. The largest absolute Gasteiger partial charge is 0.480 e. The van der Waals surface area contributed by atoms with Crippen LogP contribution in [-0.2, 0) is 4.79 Å². The van der Waals surface area contributed by atoms with Crippen LogP contribution in [0.2, 0.25) is 0 Å². The highest BCUT2D eigenvalue weighted by molar-refractivity contribution is 7.98. The first-order valence-electron chi connectivity index (χ1n) is 9.12. The standard InChI is InChI=1S/C19H27N3O3S/c1-12-3-6-16(26-2)9-17(12)21-19(25)20-14-7-15(8-14)22(11-18(23)24)10-13-4-5-13/h3,6,9,13-15H,4-5,7-8,10-11H2,1-2H3,(H,23,24)(H2,20,21,25). The van der Waals surface area contributed by atoms with Gasteiger partial charge >= 0.3 is 12.0 Å². The highest BCUT2D eigenvalue weighted by atomic mass is 32.2. The summed E-state index contributed by atoms with van der Waals surface area (Å²) in [5.74, 6) is -0.111. The number of nitrogens with zero attached hydrogens (tertiary/aromatic N) is 1. The number of thioether (sulfide) groups is 1. The second kappa shape index (κ2) is 8.31. The lowest BCUT2D eigenvalue weighted by molar-refractivity contribution is -0.139. The molecular weight excluding hydrogens is 350 g/mol. The maximum absolute atomic E-state index is 12.3. The summed E-state index contributed by atoms with van der Waals surface area (Å²) in [7, 11) is 0. The molecule has 0 radical (unpaired) electrons. The first-order chi connectivity index (χ1) is 12.4. The van der Waals surface area contributed by atoms with Crippen molar-refractivity contribution in [2.75, 3.05) is 24.7 Å². The molecule has 0 aliphatic heterocycles. The average Bonchev–Trinajstić information content (AvgIpc) is 3.35. The number of benzene rings is 1. The maximum Gasteiger partial charge on any atom is 0.319 e. The van der Waals surface area contributed by atoms with Gasteiger partial charge in [0.1, 0.15) is 0 Å². The molecule has 1 aromatic rings. The van der Waals surface area contributed by atoms with E-state index in [0.717, 1.165) is 35.5 Å². The van der Waals surface area contributed by atoms with Crippen LogP contribution in [0.3, 0.4) is 0 Å². The topological polar surface area (TPSA) is 81.7 Å². The molecule has 3 rings (SSSR count). The van der Waals surface area contributed by atoms with Crippen LogP contribution >= 0.6 is 11.8 Å². The Labute approximate surface area is 158 Å². The van der Waals surface area contributed by atoms with Gasteiger partial charge in [-0.2, -0.15) is 0 Å². The van der Waals surface area contributed by atoms with Crippen LogP contribution in [-0.4, -0.2) is 53.4 Å². The molecule has 2 saturated carbocycles. The molecule has 3 N–H and O–H groups in total. The molecule has 2 aliphatic rings. The Morgan fingerprint density at radius 2 is 2.04 bits per heavy atom. The van der Waals surface area contributed by atoms with Crippen LogP contribution in [0.5, 0.6) is 0 Å². The number of urea groups is 1. The molecule has 7 heteroatoms. The smallest absolute Gasteiger partial charge is 0.319 e. The lowest BCUT2D eigenvalue weighted by atomic mass is 9.85. The third-order valence-electron chi connectivity index (χ3n) is 5.19. The van der Waals surface area contributed by atoms with Crippen molar-refractivity contribution in [3.8, 4) is 0 Å². The van der Waals surface area contributed by atoms with Crippen molar-refractivity contribution in [2.24, 2.45) is 5.92 Å². The number of carbonyl (C=O) groups is 2. The van der Waals surface area contributed by atoms with Gasteiger partial charge in [0.15, 0.2) is 0 Å². The van der Waals surface area contributed by atoms with Crippen LogP contribution in [0.15, 0.2) is 23.1 Å². The number of hydrogen-bond acceptors (Lipinski definition) is 4. The molecule has 0 spiro atoms. The fourth-order valence-corrected chi connectivity index (χ4v) is 3.80. The Balaban J connectivity index is 1.47. The summed E-state index contributed by atoms with van der Waals surface area (Å²) in [6, 6.07) is 6.20. The van der Waals surface area contributed by atoms with Gasteiger partial charge in [0.25, 0.3) is 0 Å². The number of rotatable bonds is 8. The number of carboxylic acids is 1. The molecule has 6 nitrogen and oxygen atoms in total. The van der Waals surface area contributed by atoms with E-state index in [1.807, 2.05) is 31.4 Å². The minimum Gasteiger partial charge on any atom is -0.480 e. The molecule has 0 bridgehead atoms. The monoisotopic (exact) mass is 377 g/mol. The van der Waals surface area contributed by atoms with Crippen LogP contribution < -0.4 is 10.6 Å². The number of aryl methyl sites for hydroxylation is 1. The number of amides is 2. The Morgan fingerprint density at radius 3 is 2.65 bits per heavy atom. The summed E-state index contributed by atoms with van der Waals surface area (Å²) in [5, 5.41) is 15.0. The predicted molar refractivity (Wildman–Crippen MR) is 104 cm³/mol. The van der Waals surface area contributed by atoms with Crippen molar-refractivity contribution >= 4 is 29.4 Å². The van der Waals surface area contributed by atoms with Crippen molar-refractivity contribution < 1.29 is 14.7 Å². The molecule has 0 saturated heterocycles. The van der Waals surface area contributed by atoms with Crippen molar-refractivity contribution in [3.63, 3.8) is 0 Å². The summed E-state index contributed by atoms with van der Waals surface area (Å²) in [5.41, 5.74) is 1.85. The van der Waals surface area contributed by atoms with Gasteiger partial charge in [-0.25, -0.2) is 4.79 Å². The summed E-state index contributed by atoms with van der Waals surface area (Å²) < 4.78 is 0. The number of hydrogen-bond donors (Lipinski definition) is 3. The summed E-state index contributed by atoms with van der Waals surface area (Å²) in [6.45, 7) is 2.94. The summed E-state index contributed by atoms with van der Waals surface area (Å²) >= 11 is 1.64. The van der Waals surface area contributed by atoms with Gasteiger partial charge in [-0.05, 0) is 62.5 Å². The van der Waals surface area contributed by atoms with E-state index in [4.69, 9.17) is 5.11 Å². The molecule has 0 unspecified atom stereocenters. The number of carbonyl (C=O) groups excluding carboxylic acids is 1. The van der Waals surface area contributed by atoms with E-state index in [9.17, 15) is 9.59 Å². The Kier molecular flexibility index (Phi) is 6.09. The number of nitrogens with one attached hydrogen (secondary N) is 2. The molecule has 0 aromatic heterocycles. The lowest BCUT2D eigenvalue weighted by Crippen LogP contribution is -2.55. The zero-order chi connectivity index (χ0) is 18.7. The van der Waals surface area contributed by atoms with E-state index in [0.29, 0.717) is 5.92 Å². The average molecular weight is 378 g/mol. The van der Waals surface area contributed by atoms with Gasteiger partial charge in [-0.15, -0.1) is 11.8 Å². The Morgan fingerprint density at radius 1 is 1.31 bits per heavy atom. The van der Waals surface area contributed by atoms with Gasteiger partial charge < -0.3 is 15.7 Å². The quantitative estimate of drug-likeness (QED) is 0.606. The predicted octanol–water partition coefficient (Wildman–Crippen LogP) is 3.17. The summed E-state index contributed by atoms with van der Waals surface area (Å²) in [4.78, 5) is 26.5. The third kappa shape index (κ3) is 5.14. The van der Waals surface area contributed by atoms with Crippen molar-refractivity contribution in [1.29, 1.82) is 0 Å². The van der Waals surface area contributed by atoms with Crippen LogP contribution in [0.1, 0.15) is 31.2 Å². The van der Waals surface area contributed by atoms with Gasteiger partial charge in [0.2, 0.25) is 0 Å². The zero-order valence-electron chi connectivity index (χ0n) is 15.3. The second-order valence-electron chi connectivity index (χ2n) is 7.37. The molecule has 0 atom stereocenters. The van der Waals surface area contributed by atoms with E-state index in [1.165, 1.54) is 12.8 Å². The molecule has 0 heterocycles. The van der Waals surface area contributed by atoms with E-state index in [-0.39, 0.29) is 24.7 Å². The van der Waals surface area contributed by atoms with Crippen LogP contribution in [0.4, 0.5) is 10.5 Å². The van der Waals surface area contributed by atoms with Crippen molar-refractivity contribution in [1.82, 2.24) is 10.2 Å². The summed E-state index contributed by atoms with van der Waals surface area (Å²) in [6.07, 6.45) is 6.06. The van der Waals surface area contributed by atoms with Crippen molar-refractivity contribution in [3.05, 3.63) is 23.8 Å². The highest BCUT2D eigenvalue weighted by Gasteiger charge is 2.37. The molecule has 1 aromatic carbocycles. The second-order valence-corrected chi connectivity index (χ2v) is 8.25. The Bertz CT molecular complexity index is 672. The van der Waals surface area contributed by atoms with E-state index < -0.39 is 5.97 Å². The van der Waals surface area contributed by atoms with Gasteiger partial charge in [0, 0.05) is 29.2 Å². The van der Waals surface area contributed by atoms with E-state index in [2.05, 4.69) is 15.5 Å². The number of aliphatic carboxylic acids is 1. The minimum atomic E-state index is -0.774. The van der Waals surface area contributed by atoms with Crippen LogP contribution in [0, 0.1) is 12.8 Å². The van der Waals surface area contributed by atoms with Crippen LogP contribution in [0.25, 0.3) is 0 Å². The van der Waals surface area contributed by atoms with E-state index >= 15 is 0 Å². The fourth-order valence-electron chi connectivity index (χ4n) is 3.36. The molecule has 26 heavy (non-hydrogen) atoms. The van der Waals surface area contributed by atoms with Gasteiger partial charge in [-0.3, -0.25) is 9.69 Å². The van der Waals surface area contributed by atoms with Gasteiger partial charge in [0.05, 0.1) is 6.54 Å². The maximum atomic E-state index is 12.3.